The molecule has 0 aliphatic heterocycles. The van der Waals surface area contributed by atoms with E-state index >= 15 is 0 Å². The summed E-state index contributed by atoms with van der Waals surface area (Å²) < 4.78 is 1.14. The van der Waals surface area contributed by atoms with Crippen molar-refractivity contribution in [2.75, 3.05) is 0 Å². The Kier molecular flexibility index (Phi) is 2.40. The van der Waals surface area contributed by atoms with Crippen LogP contribution in [0, 0.1) is 3.57 Å². The van der Waals surface area contributed by atoms with Crippen LogP contribution in [0.15, 0.2) is 42.5 Å². The number of benzene rings is 3. The molecular formula is C18H7Cl2I. The van der Waals surface area contributed by atoms with Crippen LogP contribution >= 0.6 is 45.8 Å². The van der Waals surface area contributed by atoms with E-state index in [-0.39, 0.29) is 0 Å². The van der Waals surface area contributed by atoms with Gasteiger partial charge in [-0.05, 0) is 78.5 Å². The molecule has 0 unspecified atom stereocenters. The van der Waals surface area contributed by atoms with Gasteiger partial charge in [0.1, 0.15) is 0 Å². The summed E-state index contributed by atoms with van der Waals surface area (Å²) in [5.41, 5.74) is 0. The van der Waals surface area contributed by atoms with Crippen molar-refractivity contribution in [2.45, 2.75) is 0 Å². The Labute approximate surface area is 144 Å². The number of rotatable bonds is 0. The van der Waals surface area contributed by atoms with Gasteiger partial charge in [0, 0.05) is 14.0 Å². The fourth-order valence-corrected chi connectivity index (χ4v) is 4.51. The topological polar surface area (TPSA) is 0 Å². The van der Waals surface area contributed by atoms with E-state index in [1.165, 1.54) is 43.1 Å². The molecule has 5 aromatic carbocycles. The molecule has 21 heavy (non-hydrogen) atoms. The monoisotopic (exact) mass is 420 g/mol. The summed E-state index contributed by atoms with van der Waals surface area (Å²) in [6.45, 7) is 0. The zero-order chi connectivity index (χ0) is 14.3. The largest absolute Gasteiger partial charge is 0.0843 e. The van der Waals surface area contributed by atoms with Crippen molar-refractivity contribution >= 4 is 88.9 Å². The molecule has 0 radical (unpaired) electrons. The van der Waals surface area contributed by atoms with Crippen molar-refractivity contribution in [3.05, 3.63) is 56.1 Å². The van der Waals surface area contributed by atoms with Crippen LogP contribution in [0.5, 0.6) is 0 Å². The molecule has 5 aromatic rings. The van der Waals surface area contributed by atoms with Crippen LogP contribution in [0.3, 0.4) is 0 Å². The first-order valence-electron chi connectivity index (χ1n) is 6.63. The first-order chi connectivity index (χ1) is 10.2. The summed E-state index contributed by atoms with van der Waals surface area (Å²) in [5, 5.41) is 12.1. The summed E-state index contributed by atoms with van der Waals surface area (Å²) in [5.74, 6) is 0. The quantitative estimate of drug-likeness (QED) is 0.234. The lowest BCUT2D eigenvalue weighted by Crippen LogP contribution is -1.94. The standard InChI is InChI=1S/C18H7Cl2I/c19-8-1-2-9-10-3-4-11-12-5-6-14(20)18(21)17(12)16(11)15(10)13(9)7-8/h1-7H. The maximum Gasteiger partial charge on any atom is 0.0546 e. The smallest absolute Gasteiger partial charge is 0.0546 e. The van der Waals surface area contributed by atoms with Crippen LogP contribution in [0.1, 0.15) is 0 Å². The highest BCUT2D eigenvalue weighted by molar-refractivity contribution is 14.1. The molecule has 0 saturated carbocycles. The van der Waals surface area contributed by atoms with Gasteiger partial charge in [0.25, 0.3) is 0 Å². The Balaban J connectivity index is 2.06. The third-order valence-electron chi connectivity index (χ3n) is 4.38. The molecule has 0 amide bonds. The van der Waals surface area contributed by atoms with Gasteiger partial charge in [-0.25, -0.2) is 0 Å². The van der Waals surface area contributed by atoms with Gasteiger partial charge in [0.15, 0.2) is 0 Å². The third kappa shape index (κ3) is 1.42. The molecule has 0 aliphatic rings. The number of fused-ring (bicyclic) bond motifs is 9. The predicted molar refractivity (Wildman–Crippen MR) is 102 cm³/mol. The summed E-state index contributed by atoms with van der Waals surface area (Å²) in [4.78, 5) is 0. The molecule has 5 rings (SSSR count). The van der Waals surface area contributed by atoms with E-state index < -0.39 is 0 Å². The van der Waals surface area contributed by atoms with Crippen molar-refractivity contribution in [3.8, 4) is 0 Å². The predicted octanol–water partition coefficient (Wildman–Crippen LogP) is 7.09. The molecule has 0 aliphatic carbocycles. The van der Waals surface area contributed by atoms with Gasteiger partial charge in [-0.15, -0.1) is 0 Å². The highest BCUT2D eigenvalue weighted by atomic mass is 127. The van der Waals surface area contributed by atoms with E-state index in [0.29, 0.717) is 0 Å². The maximum atomic E-state index is 6.29. The second-order valence-electron chi connectivity index (χ2n) is 5.38. The summed E-state index contributed by atoms with van der Waals surface area (Å²) >= 11 is 14.8. The maximum absolute atomic E-state index is 6.29. The van der Waals surface area contributed by atoms with Gasteiger partial charge in [-0.2, -0.15) is 0 Å². The highest BCUT2D eigenvalue weighted by Gasteiger charge is 2.21. The molecule has 0 fully saturated rings. The second kappa shape index (κ2) is 4.03. The van der Waals surface area contributed by atoms with Gasteiger partial charge >= 0.3 is 0 Å². The van der Waals surface area contributed by atoms with Gasteiger partial charge in [0.05, 0.1) is 5.02 Å². The van der Waals surface area contributed by atoms with Crippen molar-refractivity contribution in [1.82, 2.24) is 0 Å². The Morgan fingerprint density at radius 2 is 1.24 bits per heavy atom. The van der Waals surface area contributed by atoms with E-state index in [0.717, 1.165) is 13.6 Å². The molecule has 0 aromatic heterocycles. The normalized spacial score (nSPS) is 12.5. The van der Waals surface area contributed by atoms with Crippen LogP contribution in [-0.4, -0.2) is 0 Å². The molecule has 0 atom stereocenters. The van der Waals surface area contributed by atoms with E-state index in [2.05, 4.69) is 52.9 Å². The molecule has 0 bridgehead atoms. The lowest BCUT2D eigenvalue weighted by atomic mass is 9.84. The SMILES string of the molecule is Clc1ccc2c3ccc4c5ccc(Cl)c(I)c5c4c3c2c1. The summed E-state index contributed by atoms with van der Waals surface area (Å²) in [6, 6.07) is 14.7. The highest BCUT2D eigenvalue weighted by Crippen LogP contribution is 2.49. The molecule has 3 heteroatoms. The molecule has 0 N–H and O–H groups in total. The van der Waals surface area contributed by atoms with Crippen LogP contribution in [0.25, 0.3) is 43.1 Å². The first kappa shape index (κ1) is 12.5. The van der Waals surface area contributed by atoms with E-state index in [1.807, 2.05) is 12.1 Å². The van der Waals surface area contributed by atoms with Crippen LogP contribution in [-0.2, 0) is 0 Å². The van der Waals surface area contributed by atoms with Gasteiger partial charge in [0.2, 0.25) is 0 Å². The van der Waals surface area contributed by atoms with Gasteiger partial charge < -0.3 is 0 Å². The Morgan fingerprint density at radius 1 is 0.619 bits per heavy atom. The Hall–Kier alpha value is -1.03. The zero-order valence-electron chi connectivity index (χ0n) is 10.7. The van der Waals surface area contributed by atoms with Gasteiger partial charge in [-0.1, -0.05) is 47.5 Å². The Bertz CT molecular complexity index is 1160. The third-order valence-corrected chi connectivity index (χ3v) is 6.37. The van der Waals surface area contributed by atoms with Crippen molar-refractivity contribution < 1.29 is 0 Å². The van der Waals surface area contributed by atoms with Crippen molar-refractivity contribution in [3.63, 3.8) is 0 Å². The van der Waals surface area contributed by atoms with Gasteiger partial charge in [-0.3, -0.25) is 0 Å². The number of hydrogen-bond donors (Lipinski definition) is 0. The minimum absolute atomic E-state index is 0.789. The van der Waals surface area contributed by atoms with E-state index in [1.54, 1.807) is 0 Å². The minimum atomic E-state index is 0.789. The average molecular weight is 421 g/mol. The molecule has 0 heterocycles. The average Bonchev–Trinajstić information content (AvgIpc) is 2.45. The van der Waals surface area contributed by atoms with E-state index in [4.69, 9.17) is 23.2 Å². The fraction of sp³-hybridized carbons (Fsp3) is 0. The lowest BCUT2D eigenvalue weighted by Gasteiger charge is -2.21. The van der Waals surface area contributed by atoms with Crippen LogP contribution < -0.4 is 0 Å². The van der Waals surface area contributed by atoms with Crippen molar-refractivity contribution in [2.24, 2.45) is 0 Å². The fourth-order valence-electron chi connectivity index (χ4n) is 3.44. The summed E-state index contributed by atoms with van der Waals surface area (Å²) in [6.07, 6.45) is 0. The number of halogens is 3. The zero-order valence-corrected chi connectivity index (χ0v) is 14.3. The van der Waals surface area contributed by atoms with E-state index in [9.17, 15) is 0 Å². The molecule has 0 nitrogen and oxygen atoms in total. The first-order valence-corrected chi connectivity index (χ1v) is 8.46. The second-order valence-corrected chi connectivity index (χ2v) is 7.31. The van der Waals surface area contributed by atoms with Crippen molar-refractivity contribution in [1.29, 1.82) is 0 Å². The van der Waals surface area contributed by atoms with Crippen LogP contribution in [0.4, 0.5) is 0 Å². The lowest BCUT2D eigenvalue weighted by molar-refractivity contribution is 1.74. The number of hydrogen-bond acceptors (Lipinski definition) is 0. The molecule has 0 spiro atoms. The van der Waals surface area contributed by atoms with Crippen LogP contribution in [0.2, 0.25) is 10.0 Å². The summed E-state index contributed by atoms with van der Waals surface area (Å²) in [7, 11) is 0. The minimum Gasteiger partial charge on any atom is -0.0843 e. The molecule has 0 saturated heterocycles. The molecular weight excluding hydrogens is 414 g/mol. The molecule has 100 valence electrons. The Morgan fingerprint density at radius 3 is 2.05 bits per heavy atom.